The van der Waals surface area contributed by atoms with Gasteiger partial charge in [-0.1, -0.05) is 12.1 Å². The highest BCUT2D eigenvalue weighted by Gasteiger charge is 2.37. The molecule has 4 rings (SSSR count). The molecule has 1 fully saturated rings. The molecular formula is C21H25NO4S. The summed E-state index contributed by atoms with van der Waals surface area (Å²) >= 11 is 1.53. The van der Waals surface area contributed by atoms with Crippen LogP contribution in [0.15, 0.2) is 29.6 Å². The highest BCUT2D eigenvalue weighted by molar-refractivity contribution is 7.10. The van der Waals surface area contributed by atoms with Crippen molar-refractivity contribution < 1.29 is 19.4 Å². The fraction of sp³-hybridized carbons (Fsp3) is 0.476. The van der Waals surface area contributed by atoms with Gasteiger partial charge < -0.3 is 19.5 Å². The van der Waals surface area contributed by atoms with Crippen molar-refractivity contribution in [1.29, 1.82) is 0 Å². The number of carbonyl (C=O) groups is 1. The van der Waals surface area contributed by atoms with Gasteiger partial charge in [0.1, 0.15) is 5.75 Å². The van der Waals surface area contributed by atoms with Gasteiger partial charge in [0.05, 0.1) is 25.4 Å². The van der Waals surface area contributed by atoms with Crippen molar-refractivity contribution in [2.75, 3.05) is 19.8 Å². The first-order valence-electron chi connectivity index (χ1n) is 9.39. The second-order valence-corrected chi connectivity index (χ2v) is 8.36. The average Bonchev–Trinajstić information content (AvgIpc) is 3.32. The second kappa shape index (κ2) is 7.62. The predicted molar refractivity (Wildman–Crippen MR) is 104 cm³/mol. The van der Waals surface area contributed by atoms with Crippen LogP contribution < -0.4 is 4.74 Å². The van der Waals surface area contributed by atoms with E-state index in [1.165, 1.54) is 22.5 Å². The predicted octanol–water partition coefficient (Wildman–Crippen LogP) is 3.02. The molecule has 2 aliphatic heterocycles. The number of morpholine rings is 1. The van der Waals surface area contributed by atoms with Crippen molar-refractivity contribution >= 4 is 17.2 Å². The van der Waals surface area contributed by atoms with E-state index in [0.717, 1.165) is 16.2 Å². The Labute approximate surface area is 163 Å². The maximum atomic E-state index is 13.2. The third-order valence-electron chi connectivity index (χ3n) is 5.50. The monoisotopic (exact) mass is 387 g/mol. The molecular weight excluding hydrogens is 362 g/mol. The summed E-state index contributed by atoms with van der Waals surface area (Å²) in [7, 11) is 0. The van der Waals surface area contributed by atoms with Gasteiger partial charge in [0.2, 0.25) is 0 Å². The van der Waals surface area contributed by atoms with E-state index in [2.05, 4.69) is 19.9 Å². The third kappa shape index (κ3) is 3.74. The van der Waals surface area contributed by atoms with E-state index in [9.17, 15) is 9.90 Å². The number of fused-ring (bicyclic) bond motifs is 1. The smallest absolute Gasteiger partial charge is 0.264 e. The standard InChI is InChI=1S/C21H25NO4S/c1-13-8-15-10-19(26-18(15)9-14(13)2)21(24)22-5-6-25-12-16(22)11-17(23)20-4-3-7-27-20/h3-4,7-9,16-17,19,23H,5-6,10-12H2,1-2H3/t16-,17-,19-/m0/s1. The number of aliphatic hydroxyl groups is 1. The van der Waals surface area contributed by atoms with Crippen molar-refractivity contribution in [1.82, 2.24) is 4.90 Å². The Morgan fingerprint density at radius 2 is 2.19 bits per heavy atom. The lowest BCUT2D eigenvalue weighted by molar-refractivity contribution is -0.147. The molecule has 2 aliphatic rings. The average molecular weight is 388 g/mol. The van der Waals surface area contributed by atoms with Crippen LogP contribution in [-0.2, 0) is 16.0 Å². The lowest BCUT2D eigenvalue weighted by Gasteiger charge is -2.37. The molecule has 3 atom stereocenters. The van der Waals surface area contributed by atoms with Gasteiger partial charge in [0.15, 0.2) is 6.10 Å². The molecule has 0 radical (unpaired) electrons. The zero-order chi connectivity index (χ0) is 19.0. The lowest BCUT2D eigenvalue weighted by atomic mass is 10.0. The number of aryl methyl sites for hydroxylation is 2. The zero-order valence-electron chi connectivity index (χ0n) is 15.7. The van der Waals surface area contributed by atoms with Crippen molar-refractivity contribution in [2.24, 2.45) is 0 Å². The summed E-state index contributed by atoms with van der Waals surface area (Å²) in [6, 6.07) is 7.85. The van der Waals surface area contributed by atoms with Crippen LogP contribution in [0.5, 0.6) is 5.75 Å². The van der Waals surface area contributed by atoms with Crippen LogP contribution in [0.1, 0.15) is 34.1 Å². The van der Waals surface area contributed by atoms with E-state index in [0.29, 0.717) is 32.6 Å². The van der Waals surface area contributed by atoms with Crippen LogP contribution in [-0.4, -0.2) is 47.8 Å². The summed E-state index contributed by atoms with van der Waals surface area (Å²) in [5.74, 6) is 0.813. The Morgan fingerprint density at radius 3 is 2.96 bits per heavy atom. The molecule has 144 valence electrons. The molecule has 1 saturated heterocycles. The number of carbonyl (C=O) groups excluding carboxylic acids is 1. The lowest BCUT2D eigenvalue weighted by Crippen LogP contribution is -2.53. The van der Waals surface area contributed by atoms with Crippen LogP contribution in [0.25, 0.3) is 0 Å². The van der Waals surface area contributed by atoms with Gasteiger partial charge in [0, 0.05) is 24.3 Å². The minimum Gasteiger partial charge on any atom is -0.480 e. The van der Waals surface area contributed by atoms with E-state index in [1.54, 1.807) is 0 Å². The number of amides is 1. The van der Waals surface area contributed by atoms with E-state index in [-0.39, 0.29) is 11.9 Å². The van der Waals surface area contributed by atoms with Crippen LogP contribution in [0.4, 0.5) is 0 Å². The first-order chi connectivity index (χ1) is 13.0. The Kier molecular flexibility index (Phi) is 5.21. The fourth-order valence-corrected chi connectivity index (χ4v) is 4.56. The summed E-state index contributed by atoms with van der Waals surface area (Å²) in [5, 5.41) is 12.5. The summed E-state index contributed by atoms with van der Waals surface area (Å²) in [6.07, 6.45) is 0.0106. The number of aliphatic hydroxyl groups excluding tert-OH is 1. The van der Waals surface area contributed by atoms with Gasteiger partial charge in [-0.15, -0.1) is 11.3 Å². The number of hydrogen-bond donors (Lipinski definition) is 1. The molecule has 0 spiro atoms. The molecule has 1 aromatic carbocycles. The van der Waals surface area contributed by atoms with Gasteiger partial charge in [0.25, 0.3) is 5.91 Å². The molecule has 0 aliphatic carbocycles. The second-order valence-electron chi connectivity index (χ2n) is 7.38. The van der Waals surface area contributed by atoms with E-state index < -0.39 is 12.2 Å². The molecule has 6 heteroatoms. The van der Waals surface area contributed by atoms with Gasteiger partial charge in [-0.05, 0) is 48.1 Å². The van der Waals surface area contributed by atoms with Gasteiger partial charge in [-0.3, -0.25) is 4.79 Å². The summed E-state index contributed by atoms with van der Waals surface area (Å²) in [6.45, 7) is 5.64. The molecule has 1 amide bonds. The topological polar surface area (TPSA) is 59.0 Å². The summed E-state index contributed by atoms with van der Waals surface area (Å²) in [5.41, 5.74) is 3.49. The minimum absolute atomic E-state index is 0.00631. The van der Waals surface area contributed by atoms with Crippen molar-refractivity contribution in [3.63, 3.8) is 0 Å². The normalized spacial score (nSPS) is 23.0. The number of rotatable bonds is 4. The molecule has 5 nitrogen and oxygen atoms in total. The maximum absolute atomic E-state index is 13.2. The molecule has 0 bridgehead atoms. The minimum atomic E-state index is -0.584. The van der Waals surface area contributed by atoms with Crippen LogP contribution in [0, 0.1) is 13.8 Å². The molecule has 0 unspecified atom stereocenters. The first kappa shape index (κ1) is 18.5. The van der Waals surface area contributed by atoms with Crippen molar-refractivity contribution in [3.8, 4) is 5.75 Å². The number of nitrogens with zero attached hydrogens (tertiary/aromatic N) is 1. The Bertz CT molecular complexity index is 789. The molecule has 27 heavy (non-hydrogen) atoms. The Hall–Kier alpha value is -1.89. The van der Waals surface area contributed by atoms with Crippen LogP contribution in [0.3, 0.4) is 0 Å². The first-order valence-corrected chi connectivity index (χ1v) is 10.3. The number of hydrogen-bond acceptors (Lipinski definition) is 5. The quantitative estimate of drug-likeness (QED) is 0.876. The molecule has 1 aromatic heterocycles. The molecule has 0 saturated carbocycles. The van der Waals surface area contributed by atoms with Gasteiger partial charge in [-0.25, -0.2) is 0 Å². The van der Waals surface area contributed by atoms with Crippen molar-refractivity contribution in [2.45, 2.75) is 44.9 Å². The highest BCUT2D eigenvalue weighted by atomic mass is 32.1. The number of ether oxygens (including phenoxy) is 2. The Morgan fingerprint density at radius 1 is 1.37 bits per heavy atom. The summed E-state index contributed by atoms with van der Waals surface area (Å²) < 4.78 is 11.6. The van der Waals surface area contributed by atoms with Gasteiger partial charge >= 0.3 is 0 Å². The largest absolute Gasteiger partial charge is 0.480 e. The molecule has 2 aromatic rings. The number of thiophene rings is 1. The number of benzene rings is 1. The molecule has 3 heterocycles. The summed E-state index contributed by atoms with van der Waals surface area (Å²) in [4.78, 5) is 15.9. The molecule has 1 N–H and O–H groups in total. The van der Waals surface area contributed by atoms with Gasteiger partial charge in [-0.2, -0.15) is 0 Å². The van der Waals surface area contributed by atoms with E-state index in [4.69, 9.17) is 9.47 Å². The Balaban J connectivity index is 1.46. The van der Waals surface area contributed by atoms with E-state index >= 15 is 0 Å². The van der Waals surface area contributed by atoms with E-state index in [1.807, 2.05) is 28.5 Å². The van der Waals surface area contributed by atoms with Crippen LogP contribution in [0.2, 0.25) is 0 Å². The highest BCUT2D eigenvalue weighted by Crippen LogP contribution is 2.33. The SMILES string of the molecule is Cc1cc2c(cc1C)O[C@H](C(=O)N1CCOC[C@@H]1C[C@H](O)c1cccs1)C2. The van der Waals surface area contributed by atoms with Crippen LogP contribution >= 0.6 is 11.3 Å². The zero-order valence-corrected chi connectivity index (χ0v) is 16.5. The third-order valence-corrected chi connectivity index (χ3v) is 6.48. The maximum Gasteiger partial charge on any atom is 0.264 e. The van der Waals surface area contributed by atoms with Crippen molar-refractivity contribution in [3.05, 3.63) is 51.2 Å². The fourth-order valence-electron chi connectivity index (χ4n) is 3.83.